The van der Waals surface area contributed by atoms with Crippen molar-refractivity contribution in [1.29, 1.82) is 0 Å². The molecule has 2 aliphatic heterocycles. The van der Waals surface area contributed by atoms with Crippen molar-refractivity contribution in [1.82, 2.24) is 19.8 Å². The molecule has 2 aliphatic rings. The second-order valence-corrected chi connectivity index (χ2v) is 7.52. The van der Waals surface area contributed by atoms with Gasteiger partial charge in [0.25, 0.3) is 11.8 Å². The molecule has 0 saturated carbocycles. The maximum atomic E-state index is 12.3. The monoisotopic (exact) mass is 408 g/mol. The molecule has 0 atom stereocenters. The van der Waals surface area contributed by atoms with Crippen LogP contribution in [0.3, 0.4) is 0 Å². The third-order valence-corrected chi connectivity index (χ3v) is 5.37. The lowest BCUT2D eigenvalue weighted by atomic mass is 10.1. The van der Waals surface area contributed by atoms with Gasteiger partial charge in [-0.05, 0) is 25.6 Å². The molecule has 0 radical (unpaired) electrons. The van der Waals surface area contributed by atoms with Gasteiger partial charge in [0.05, 0.1) is 29.2 Å². The molecule has 0 spiro atoms. The topological polar surface area (TPSA) is 98.7 Å². The van der Waals surface area contributed by atoms with Crippen molar-refractivity contribution >= 4 is 29.4 Å². The first-order valence-corrected chi connectivity index (χ1v) is 10.0. The van der Waals surface area contributed by atoms with Gasteiger partial charge in [0, 0.05) is 39.1 Å². The Labute approximate surface area is 174 Å². The fourth-order valence-corrected chi connectivity index (χ4v) is 3.62. The Hall–Kier alpha value is -3.33. The van der Waals surface area contributed by atoms with Crippen LogP contribution in [-0.4, -0.2) is 77.3 Å². The van der Waals surface area contributed by atoms with Gasteiger partial charge < -0.3 is 15.1 Å². The molecule has 9 nitrogen and oxygen atoms in total. The lowest BCUT2D eigenvalue weighted by Crippen LogP contribution is -2.45. The van der Waals surface area contributed by atoms with Crippen molar-refractivity contribution in [3.05, 3.63) is 47.8 Å². The Morgan fingerprint density at radius 2 is 1.60 bits per heavy atom. The van der Waals surface area contributed by atoms with Gasteiger partial charge in [-0.25, -0.2) is 9.97 Å². The number of carbonyl (C=O) groups excluding carboxylic acids is 3. The smallest absolute Gasteiger partial charge is 0.261 e. The summed E-state index contributed by atoms with van der Waals surface area (Å²) in [6, 6.07) is 6.76. The van der Waals surface area contributed by atoms with Crippen molar-refractivity contribution in [2.75, 3.05) is 50.0 Å². The fraction of sp³-hybridized carbons (Fsp3) is 0.381. The van der Waals surface area contributed by atoms with Crippen molar-refractivity contribution in [2.24, 2.45) is 0 Å². The first-order valence-electron chi connectivity index (χ1n) is 10.0. The van der Waals surface area contributed by atoms with E-state index in [2.05, 4.69) is 32.1 Å². The number of nitrogens with one attached hydrogen (secondary N) is 1. The van der Waals surface area contributed by atoms with E-state index in [0.717, 1.165) is 26.2 Å². The summed E-state index contributed by atoms with van der Waals surface area (Å²) in [5.41, 5.74) is 1.37. The Kier molecular flexibility index (Phi) is 5.71. The number of likely N-dealkylation sites (N-methyl/N-ethyl adjacent to an activating group) is 1. The number of anilines is 2. The van der Waals surface area contributed by atoms with Gasteiger partial charge in [-0.1, -0.05) is 12.1 Å². The van der Waals surface area contributed by atoms with Crippen LogP contribution in [0.15, 0.2) is 36.7 Å². The highest BCUT2D eigenvalue weighted by Crippen LogP contribution is 2.22. The molecule has 3 heterocycles. The van der Waals surface area contributed by atoms with Crippen LogP contribution in [0.2, 0.25) is 0 Å². The van der Waals surface area contributed by atoms with E-state index in [1.165, 1.54) is 4.90 Å². The number of amides is 3. The molecule has 0 unspecified atom stereocenters. The first-order chi connectivity index (χ1) is 14.5. The summed E-state index contributed by atoms with van der Waals surface area (Å²) in [5.74, 6) is -0.151. The lowest BCUT2D eigenvalue weighted by Gasteiger charge is -2.32. The molecule has 9 heteroatoms. The zero-order valence-electron chi connectivity index (χ0n) is 16.9. The molecule has 0 aliphatic carbocycles. The van der Waals surface area contributed by atoms with Gasteiger partial charge in [0.1, 0.15) is 0 Å². The predicted octanol–water partition coefficient (Wildman–Crippen LogP) is 1.24. The van der Waals surface area contributed by atoms with Gasteiger partial charge in [-0.2, -0.15) is 0 Å². The minimum atomic E-state index is -0.302. The van der Waals surface area contributed by atoms with Crippen LogP contribution in [0.1, 0.15) is 33.6 Å². The summed E-state index contributed by atoms with van der Waals surface area (Å²) in [4.78, 5) is 51.2. The molecule has 1 aromatic carbocycles. The molecule has 0 bridgehead atoms. The number of piperazine rings is 1. The number of nitrogens with zero attached hydrogens (tertiary/aromatic N) is 5. The second-order valence-electron chi connectivity index (χ2n) is 7.52. The minimum absolute atomic E-state index is 0.188. The maximum absolute atomic E-state index is 12.3. The molecule has 1 N–H and O–H groups in total. The Morgan fingerprint density at radius 1 is 1.00 bits per heavy atom. The Balaban J connectivity index is 1.25. The average Bonchev–Trinajstić information content (AvgIpc) is 3.00. The van der Waals surface area contributed by atoms with Crippen LogP contribution in [0.25, 0.3) is 0 Å². The van der Waals surface area contributed by atoms with Crippen molar-refractivity contribution in [3.63, 3.8) is 0 Å². The highest BCUT2D eigenvalue weighted by molar-refractivity contribution is 6.21. The van der Waals surface area contributed by atoms with Crippen molar-refractivity contribution < 1.29 is 14.4 Å². The van der Waals surface area contributed by atoms with Crippen molar-refractivity contribution in [3.8, 4) is 0 Å². The average molecular weight is 408 g/mol. The second kappa shape index (κ2) is 8.58. The quantitative estimate of drug-likeness (QED) is 0.718. The number of benzene rings is 1. The standard InChI is InChI=1S/C21H24N6O3/c1-25-9-11-26(12-10-25)21-22-13-15(14-23-21)24-18(28)7-4-8-27-19(29)16-5-2-3-6-17(16)20(27)30/h2-3,5-6,13-14H,4,7-12H2,1H3,(H,24,28). The first kappa shape index (κ1) is 20.0. The number of imide groups is 1. The predicted molar refractivity (Wildman–Crippen MR) is 111 cm³/mol. The summed E-state index contributed by atoms with van der Waals surface area (Å²) >= 11 is 0. The zero-order chi connectivity index (χ0) is 21.1. The van der Waals surface area contributed by atoms with E-state index >= 15 is 0 Å². The molecule has 156 valence electrons. The van der Waals surface area contributed by atoms with Gasteiger partial charge in [-0.3, -0.25) is 19.3 Å². The van der Waals surface area contributed by atoms with E-state index in [1.54, 1.807) is 36.7 Å². The molecule has 4 rings (SSSR count). The van der Waals surface area contributed by atoms with Gasteiger partial charge in [-0.15, -0.1) is 0 Å². The number of fused-ring (bicyclic) bond motifs is 1. The van der Waals surface area contributed by atoms with Crippen LogP contribution in [-0.2, 0) is 4.79 Å². The van der Waals surface area contributed by atoms with Crippen LogP contribution in [0, 0.1) is 0 Å². The molecule has 1 aromatic heterocycles. The molecule has 30 heavy (non-hydrogen) atoms. The van der Waals surface area contributed by atoms with Crippen LogP contribution >= 0.6 is 0 Å². The maximum Gasteiger partial charge on any atom is 0.261 e. The molecular formula is C21H24N6O3. The fourth-order valence-electron chi connectivity index (χ4n) is 3.62. The summed E-state index contributed by atoms with van der Waals surface area (Å²) < 4.78 is 0. The molecule has 1 saturated heterocycles. The van der Waals surface area contributed by atoms with Crippen molar-refractivity contribution in [2.45, 2.75) is 12.8 Å². The SMILES string of the molecule is CN1CCN(c2ncc(NC(=O)CCCN3C(=O)c4ccccc4C3=O)cn2)CC1. The van der Waals surface area contributed by atoms with Gasteiger partial charge >= 0.3 is 0 Å². The number of aromatic nitrogens is 2. The Morgan fingerprint density at radius 3 is 2.20 bits per heavy atom. The summed E-state index contributed by atoms with van der Waals surface area (Å²) in [5, 5.41) is 2.77. The number of rotatable bonds is 6. The lowest BCUT2D eigenvalue weighted by molar-refractivity contribution is -0.116. The van der Waals surface area contributed by atoms with E-state index in [9.17, 15) is 14.4 Å². The molecule has 2 aromatic rings. The van der Waals surface area contributed by atoms with E-state index in [4.69, 9.17) is 0 Å². The number of carbonyl (C=O) groups is 3. The Bertz CT molecular complexity index is 918. The van der Waals surface area contributed by atoms with Crippen LogP contribution < -0.4 is 10.2 Å². The molecule has 3 amide bonds. The van der Waals surface area contributed by atoms with E-state index in [-0.39, 0.29) is 30.7 Å². The minimum Gasteiger partial charge on any atom is -0.338 e. The molecule has 1 fully saturated rings. The summed E-state index contributed by atoms with van der Waals surface area (Å²) in [7, 11) is 2.09. The van der Waals surface area contributed by atoms with Gasteiger partial charge in [0.2, 0.25) is 11.9 Å². The molecular weight excluding hydrogens is 384 g/mol. The normalized spacial score (nSPS) is 16.7. The van der Waals surface area contributed by atoms with Crippen LogP contribution in [0.5, 0.6) is 0 Å². The highest BCUT2D eigenvalue weighted by atomic mass is 16.2. The third kappa shape index (κ3) is 4.16. The number of hydrogen-bond donors (Lipinski definition) is 1. The van der Waals surface area contributed by atoms with E-state index < -0.39 is 0 Å². The zero-order valence-corrected chi connectivity index (χ0v) is 16.9. The van der Waals surface area contributed by atoms with Crippen LogP contribution in [0.4, 0.5) is 11.6 Å². The summed E-state index contributed by atoms with van der Waals surface area (Å²) in [6.45, 7) is 3.89. The summed E-state index contributed by atoms with van der Waals surface area (Å²) in [6.07, 6.45) is 3.77. The van der Waals surface area contributed by atoms with E-state index in [1.807, 2.05) is 0 Å². The number of hydrogen-bond acceptors (Lipinski definition) is 7. The third-order valence-electron chi connectivity index (χ3n) is 5.37. The van der Waals surface area contributed by atoms with Gasteiger partial charge in [0.15, 0.2) is 0 Å². The largest absolute Gasteiger partial charge is 0.338 e. The van der Waals surface area contributed by atoms with E-state index in [0.29, 0.717) is 29.2 Å². The highest BCUT2D eigenvalue weighted by Gasteiger charge is 2.34.